The highest BCUT2D eigenvalue weighted by Gasteiger charge is 2.19. The Morgan fingerprint density at radius 1 is 0.947 bits per heavy atom. The maximum atomic E-state index is 10.1. The van der Waals surface area contributed by atoms with Crippen LogP contribution in [0.4, 0.5) is 5.69 Å². The highest BCUT2D eigenvalue weighted by atomic mass is 16.8. The van der Waals surface area contributed by atoms with Crippen LogP contribution in [-0.4, -0.2) is 25.3 Å². The first-order valence-corrected chi connectivity index (χ1v) is 5.70. The minimum atomic E-state index is -0.816. The Balaban J connectivity index is 2.29. The van der Waals surface area contributed by atoms with Gasteiger partial charge in [-0.15, -0.1) is 0 Å². The van der Waals surface area contributed by atoms with Crippen LogP contribution in [0.3, 0.4) is 0 Å². The first-order chi connectivity index (χ1) is 9.18. The van der Waals surface area contributed by atoms with Gasteiger partial charge in [0.2, 0.25) is 5.69 Å². The third kappa shape index (κ3) is 1.84. The summed E-state index contributed by atoms with van der Waals surface area (Å²) in [5.41, 5.74) is 1.67. The molecular formula is C13H12N3O3+. The van der Waals surface area contributed by atoms with Crippen molar-refractivity contribution in [3.05, 3.63) is 48.5 Å². The second kappa shape index (κ2) is 4.36. The number of benzene rings is 2. The summed E-state index contributed by atoms with van der Waals surface area (Å²) in [6.45, 7) is 0. The van der Waals surface area contributed by atoms with Crippen molar-refractivity contribution in [2.75, 3.05) is 0 Å². The Hall–Kier alpha value is -2.41. The molecule has 6 nitrogen and oxygen atoms in total. The van der Waals surface area contributed by atoms with Crippen LogP contribution in [0.25, 0.3) is 22.4 Å². The lowest BCUT2D eigenvalue weighted by molar-refractivity contribution is -1.19. The van der Waals surface area contributed by atoms with E-state index >= 15 is 0 Å². The quantitative estimate of drug-likeness (QED) is 0.411. The summed E-state index contributed by atoms with van der Waals surface area (Å²) in [5.74, 6) is 0.351. The van der Waals surface area contributed by atoms with Gasteiger partial charge < -0.3 is 5.21 Å². The van der Waals surface area contributed by atoms with Gasteiger partial charge in [0.05, 0.1) is 0 Å². The fourth-order valence-corrected chi connectivity index (χ4v) is 2.04. The Kier molecular flexibility index (Phi) is 2.68. The van der Waals surface area contributed by atoms with E-state index in [4.69, 9.17) is 0 Å². The molecule has 0 saturated heterocycles. The molecule has 1 aromatic heterocycles. The average Bonchev–Trinajstić information content (AvgIpc) is 2.77. The Morgan fingerprint density at radius 3 is 2.37 bits per heavy atom. The third-order valence-corrected chi connectivity index (χ3v) is 2.93. The van der Waals surface area contributed by atoms with Gasteiger partial charge in [0, 0.05) is 11.6 Å². The second-order valence-corrected chi connectivity index (χ2v) is 4.11. The first kappa shape index (κ1) is 11.7. The molecule has 2 aromatic carbocycles. The molecule has 0 aliphatic carbocycles. The van der Waals surface area contributed by atoms with Crippen LogP contribution in [0.5, 0.6) is 0 Å². The highest BCUT2D eigenvalue weighted by molar-refractivity contribution is 5.87. The average molecular weight is 258 g/mol. The maximum absolute atomic E-state index is 10.1. The SMILES string of the molecule is On1c(-c2ccccc2)nc2c([NH+](O)O)cccc21. The van der Waals surface area contributed by atoms with Crippen molar-refractivity contribution in [2.24, 2.45) is 0 Å². The van der Waals surface area contributed by atoms with Gasteiger partial charge in [0.1, 0.15) is 5.52 Å². The number of fused-ring (bicyclic) bond motifs is 1. The summed E-state index contributed by atoms with van der Waals surface area (Å²) >= 11 is 0. The molecule has 0 saturated carbocycles. The van der Waals surface area contributed by atoms with E-state index in [1.165, 1.54) is 6.07 Å². The van der Waals surface area contributed by atoms with Crippen molar-refractivity contribution in [3.63, 3.8) is 0 Å². The fraction of sp³-hybridized carbons (Fsp3) is 0. The van der Waals surface area contributed by atoms with E-state index in [1.807, 2.05) is 30.3 Å². The van der Waals surface area contributed by atoms with Gasteiger partial charge >= 0.3 is 0 Å². The largest absolute Gasteiger partial charge is 0.426 e. The number of hydrogen-bond donors (Lipinski definition) is 4. The number of quaternary nitrogens is 1. The van der Waals surface area contributed by atoms with E-state index in [-0.39, 0.29) is 5.69 Å². The van der Waals surface area contributed by atoms with E-state index in [0.29, 0.717) is 16.9 Å². The van der Waals surface area contributed by atoms with Crippen molar-refractivity contribution in [3.8, 4) is 11.4 Å². The molecule has 0 aliphatic heterocycles. The van der Waals surface area contributed by atoms with Crippen molar-refractivity contribution < 1.29 is 20.8 Å². The van der Waals surface area contributed by atoms with Crippen molar-refractivity contribution in [1.29, 1.82) is 0 Å². The number of nitrogens with one attached hydrogen (secondary N) is 1. The zero-order valence-corrected chi connectivity index (χ0v) is 9.85. The Bertz CT molecular complexity index is 723. The second-order valence-electron chi connectivity index (χ2n) is 4.11. The first-order valence-electron chi connectivity index (χ1n) is 5.70. The predicted molar refractivity (Wildman–Crippen MR) is 66.5 cm³/mol. The minimum absolute atomic E-state index is 0.183. The number of aromatic nitrogens is 2. The van der Waals surface area contributed by atoms with Crippen molar-refractivity contribution in [2.45, 2.75) is 0 Å². The molecule has 0 amide bonds. The van der Waals surface area contributed by atoms with E-state index < -0.39 is 5.23 Å². The number of para-hydroxylation sites is 1. The summed E-state index contributed by atoms with van der Waals surface area (Å²) in [6, 6.07) is 14.0. The predicted octanol–water partition coefficient (Wildman–Crippen LogP) is 1.24. The molecule has 96 valence electrons. The molecule has 6 heteroatoms. The number of imidazole rings is 1. The molecule has 0 radical (unpaired) electrons. The molecule has 3 rings (SSSR count). The summed E-state index contributed by atoms with van der Waals surface area (Å²) in [7, 11) is 0. The fourth-order valence-electron chi connectivity index (χ4n) is 2.04. The summed E-state index contributed by atoms with van der Waals surface area (Å²) in [6.07, 6.45) is 0. The molecule has 1 heterocycles. The number of hydrogen-bond acceptors (Lipinski definition) is 4. The van der Waals surface area contributed by atoms with Gasteiger partial charge in [-0.25, -0.2) is 4.98 Å². The normalized spacial score (nSPS) is 11.3. The van der Waals surface area contributed by atoms with Crippen LogP contribution in [0, 0.1) is 0 Å². The van der Waals surface area contributed by atoms with E-state index in [0.717, 1.165) is 10.3 Å². The van der Waals surface area contributed by atoms with Gasteiger partial charge in [-0.1, -0.05) is 36.4 Å². The van der Waals surface area contributed by atoms with Gasteiger partial charge in [0.25, 0.3) is 0 Å². The maximum Gasteiger partial charge on any atom is 0.225 e. The van der Waals surface area contributed by atoms with Crippen LogP contribution in [0.2, 0.25) is 0 Å². The lowest BCUT2D eigenvalue weighted by atomic mass is 10.2. The third-order valence-electron chi connectivity index (χ3n) is 2.93. The lowest BCUT2D eigenvalue weighted by Crippen LogP contribution is -3.01. The molecule has 0 atom stereocenters. The standard InChI is InChI=1S/C13H11N3O3/c17-15-10-7-4-8-11(16(18)19)12(10)14-13(15)9-5-2-1-3-6-9/h1-8,17-19H/p+1. The Labute approximate surface area is 108 Å². The summed E-state index contributed by atoms with van der Waals surface area (Å²) in [4.78, 5) is 4.28. The van der Waals surface area contributed by atoms with Gasteiger partial charge in [-0.2, -0.15) is 15.1 Å². The zero-order chi connectivity index (χ0) is 13.4. The molecule has 19 heavy (non-hydrogen) atoms. The van der Waals surface area contributed by atoms with E-state index in [9.17, 15) is 15.6 Å². The molecule has 0 bridgehead atoms. The molecule has 4 N–H and O–H groups in total. The molecule has 3 aromatic rings. The monoisotopic (exact) mass is 258 g/mol. The lowest BCUT2D eigenvalue weighted by Gasteiger charge is -2.01. The van der Waals surface area contributed by atoms with Crippen LogP contribution < -0.4 is 5.23 Å². The van der Waals surface area contributed by atoms with Crippen molar-refractivity contribution in [1.82, 2.24) is 9.71 Å². The highest BCUT2D eigenvalue weighted by Crippen LogP contribution is 2.26. The minimum Gasteiger partial charge on any atom is -0.426 e. The molecule has 0 unspecified atom stereocenters. The number of rotatable bonds is 2. The number of nitrogens with zero attached hydrogens (tertiary/aromatic N) is 2. The van der Waals surface area contributed by atoms with Gasteiger partial charge in [0.15, 0.2) is 11.3 Å². The van der Waals surface area contributed by atoms with Crippen LogP contribution >= 0.6 is 0 Å². The van der Waals surface area contributed by atoms with Crippen molar-refractivity contribution >= 4 is 16.7 Å². The summed E-state index contributed by atoms with van der Waals surface area (Å²) < 4.78 is 0.942. The molecular weight excluding hydrogens is 246 g/mol. The van der Waals surface area contributed by atoms with E-state index in [2.05, 4.69) is 4.98 Å². The zero-order valence-electron chi connectivity index (χ0n) is 9.85. The smallest absolute Gasteiger partial charge is 0.225 e. The van der Waals surface area contributed by atoms with Gasteiger partial charge in [-0.05, 0) is 11.3 Å². The van der Waals surface area contributed by atoms with Gasteiger partial charge in [-0.3, -0.25) is 0 Å². The van der Waals surface area contributed by atoms with Crippen LogP contribution in [-0.2, 0) is 0 Å². The summed E-state index contributed by atoms with van der Waals surface area (Å²) in [5, 5.41) is 27.8. The Morgan fingerprint density at radius 2 is 1.68 bits per heavy atom. The van der Waals surface area contributed by atoms with Crippen LogP contribution in [0.15, 0.2) is 48.5 Å². The molecule has 0 aliphatic rings. The van der Waals surface area contributed by atoms with E-state index in [1.54, 1.807) is 12.1 Å². The van der Waals surface area contributed by atoms with Crippen LogP contribution in [0.1, 0.15) is 0 Å². The molecule has 0 fully saturated rings. The molecule has 0 spiro atoms. The topological polar surface area (TPSA) is 83.0 Å².